The summed E-state index contributed by atoms with van der Waals surface area (Å²) in [5.74, 6) is -0.0609. The highest BCUT2D eigenvalue weighted by molar-refractivity contribution is 7.89. The van der Waals surface area contributed by atoms with Crippen LogP contribution in [0.15, 0.2) is 88.9 Å². The van der Waals surface area contributed by atoms with Gasteiger partial charge in [0, 0.05) is 0 Å². The highest BCUT2D eigenvalue weighted by atomic mass is 32.2. The van der Waals surface area contributed by atoms with Crippen molar-refractivity contribution in [3.8, 4) is 5.75 Å². The van der Waals surface area contributed by atoms with E-state index < -0.39 is 16.0 Å². The summed E-state index contributed by atoms with van der Waals surface area (Å²) >= 11 is 0. The van der Waals surface area contributed by atoms with Crippen molar-refractivity contribution in [2.24, 2.45) is 5.10 Å². The number of hydrogen-bond acceptors (Lipinski definition) is 5. The number of carbonyl (C=O) groups is 1. The van der Waals surface area contributed by atoms with Crippen molar-refractivity contribution in [3.63, 3.8) is 0 Å². The maximum absolute atomic E-state index is 12.1. The molecule has 0 saturated carbocycles. The standard InChI is InChI=1S/C21H18N2O4S/c1-16-6-5-7-18(14-16)21(24)27-19-12-10-17(11-13-19)15-22-23-28(25,26)20-8-3-2-4-9-20/h2-15,23H,1H3/b22-15-. The average molecular weight is 394 g/mol. The van der Waals surface area contributed by atoms with Gasteiger partial charge in [0.1, 0.15) is 5.75 Å². The van der Waals surface area contributed by atoms with Gasteiger partial charge in [0.05, 0.1) is 16.7 Å². The first-order valence-electron chi connectivity index (χ1n) is 8.43. The van der Waals surface area contributed by atoms with Gasteiger partial charge in [-0.2, -0.15) is 13.5 Å². The molecule has 0 spiro atoms. The van der Waals surface area contributed by atoms with E-state index in [4.69, 9.17) is 4.74 Å². The van der Waals surface area contributed by atoms with Crippen molar-refractivity contribution in [3.05, 3.63) is 95.6 Å². The minimum Gasteiger partial charge on any atom is -0.423 e. The van der Waals surface area contributed by atoms with Crippen molar-refractivity contribution >= 4 is 22.2 Å². The quantitative estimate of drug-likeness (QED) is 0.300. The summed E-state index contributed by atoms with van der Waals surface area (Å²) < 4.78 is 29.5. The second kappa shape index (κ2) is 8.49. The van der Waals surface area contributed by atoms with Gasteiger partial charge in [-0.3, -0.25) is 0 Å². The molecule has 0 aromatic heterocycles. The van der Waals surface area contributed by atoms with E-state index >= 15 is 0 Å². The fraction of sp³-hybridized carbons (Fsp3) is 0.0476. The molecule has 28 heavy (non-hydrogen) atoms. The Morgan fingerprint density at radius 1 is 0.964 bits per heavy atom. The van der Waals surface area contributed by atoms with Crippen LogP contribution in [0.3, 0.4) is 0 Å². The summed E-state index contributed by atoms with van der Waals surface area (Å²) in [5, 5.41) is 3.77. The second-order valence-corrected chi connectivity index (χ2v) is 7.65. The monoisotopic (exact) mass is 394 g/mol. The number of hydrazone groups is 1. The van der Waals surface area contributed by atoms with E-state index in [-0.39, 0.29) is 4.90 Å². The summed E-state index contributed by atoms with van der Waals surface area (Å²) in [7, 11) is -3.71. The molecule has 0 atom stereocenters. The van der Waals surface area contributed by atoms with Gasteiger partial charge in [-0.15, -0.1) is 0 Å². The van der Waals surface area contributed by atoms with E-state index in [2.05, 4.69) is 9.93 Å². The molecule has 0 fully saturated rings. The number of nitrogens with one attached hydrogen (secondary N) is 1. The lowest BCUT2D eigenvalue weighted by Gasteiger charge is -2.05. The van der Waals surface area contributed by atoms with E-state index in [0.717, 1.165) is 5.56 Å². The summed E-state index contributed by atoms with van der Waals surface area (Å²) in [5.41, 5.74) is 2.09. The minimum atomic E-state index is -3.71. The van der Waals surface area contributed by atoms with E-state index in [1.165, 1.54) is 18.3 Å². The molecule has 0 amide bonds. The molecule has 3 aromatic rings. The van der Waals surface area contributed by atoms with Gasteiger partial charge in [0.2, 0.25) is 0 Å². The molecule has 0 radical (unpaired) electrons. The van der Waals surface area contributed by atoms with Crippen LogP contribution >= 0.6 is 0 Å². The van der Waals surface area contributed by atoms with Gasteiger partial charge in [-0.05, 0) is 61.0 Å². The number of ether oxygens (including phenoxy) is 1. The Kier molecular flexibility index (Phi) is 5.86. The molecule has 0 unspecified atom stereocenters. The molecule has 7 heteroatoms. The second-order valence-electron chi connectivity index (χ2n) is 5.99. The van der Waals surface area contributed by atoms with Gasteiger partial charge in [0.25, 0.3) is 10.0 Å². The minimum absolute atomic E-state index is 0.130. The predicted octanol–water partition coefficient (Wildman–Crippen LogP) is 3.53. The maximum atomic E-state index is 12.1. The Morgan fingerprint density at radius 3 is 2.36 bits per heavy atom. The predicted molar refractivity (Wildman–Crippen MR) is 107 cm³/mol. The Morgan fingerprint density at radius 2 is 1.68 bits per heavy atom. The summed E-state index contributed by atoms with van der Waals surface area (Å²) in [6, 6.07) is 21.7. The van der Waals surface area contributed by atoms with Crippen molar-refractivity contribution in [2.75, 3.05) is 0 Å². The average Bonchev–Trinajstić information content (AvgIpc) is 2.70. The van der Waals surface area contributed by atoms with Crippen LogP contribution in [-0.4, -0.2) is 20.6 Å². The van der Waals surface area contributed by atoms with Crippen molar-refractivity contribution in [1.29, 1.82) is 0 Å². The van der Waals surface area contributed by atoms with Crippen LogP contribution in [0.2, 0.25) is 0 Å². The normalized spacial score (nSPS) is 11.3. The van der Waals surface area contributed by atoms with Crippen LogP contribution in [0.5, 0.6) is 5.75 Å². The molecule has 6 nitrogen and oxygen atoms in total. The molecule has 0 heterocycles. The molecule has 0 aliphatic rings. The Labute approximate surface area is 163 Å². The van der Waals surface area contributed by atoms with Crippen LogP contribution in [0.4, 0.5) is 0 Å². The van der Waals surface area contributed by atoms with Crippen molar-refractivity contribution < 1.29 is 17.9 Å². The number of sulfonamides is 1. The zero-order valence-corrected chi connectivity index (χ0v) is 15.9. The smallest absolute Gasteiger partial charge is 0.343 e. The Balaban J connectivity index is 1.61. The summed E-state index contributed by atoms with van der Waals surface area (Å²) in [6.07, 6.45) is 1.37. The molecule has 0 aliphatic heterocycles. The lowest BCUT2D eigenvalue weighted by molar-refractivity contribution is 0.0734. The molecule has 3 aromatic carbocycles. The van der Waals surface area contributed by atoms with Gasteiger partial charge >= 0.3 is 5.97 Å². The van der Waals surface area contributed by atoms with Crippen molar-refractivity contribution in [2.45, 2.75) is 11.8 Å². The molecule has 142 valence electrons. The zero-order valence-electron chi connectivity index (χ0n) is 15.1. The Bertz CT molecular complexity index is 1090. The third-order valence-corrected chi connectivity index (χ3v) is 5.02. The summed E-state index contributed by atoms with van der Waals surface area (Å²) in [4.78, 5) is 14.4. The number of nitrogens with zero attached hydrogens (tertiary/aromatic N) is 1. The summed E-state index contributed by atoms with van der Waals surface area (Å²) in [6.45, 7) is 1.90. The number of aryl methyl sites for hydroxylation is 1. The van der Waals surface area contributed by atoms with E-state index in [1.54, 1.807) is 60.7 Å². The molecule has 1 N–H and O–H groups in total. The third kappa shape index (κ3) is 5.05. The lowest BCUT2D eigenvalue weighted by Crippen LogP contribution is -2.18. The first-order valence-corrected chi connectivity index (χ1v) is 9.91. The Hall–Kier alpha value is -3.45. The molecule has 3 rings (SSSR count). The highest BCUT2D eigenvalue weighted by Crippen LogP contribution is 2.14. The van der Waals surface area contributed by atoms with Crippen LogP contribution in [0, 0.1) is 6.92 Å². The first kappa shape index (κ1) is 19.3. The van der Waals surface area contributed by atoms with Crippen LogP contribution in [0.1, 0.15) is 21.5 Å². The SMILES string of the molecule is Cc1cccc(C(=O)Oc2ccc(/C=N\NS(=O)(=O)c3ccccc3)cc2)c1. The van der Waals surface area contributed by atoms with Gasteiger partial charge < -0.3 is 4.74 Å². The third-order valence-electron chi connectivity index (χ3n) is 3.78. The van der Waals surface area contributed by atoms with E-state index in [1.807, 2.05) is 13.0 Å². The largest absolute Gasteiger partial charge is 0.423 e. The van der Waals surface area contributed by atoms with E-state index in [9.17, 15) is 13.2 Å². The van der Waals surface area contributed by atoms with E-state index in [0.29, 0.717) is 16.9 Å². The first-order chi connectivity index (χ1) is 13.4. The van der Waals surface area contributed by atoms with Gasteiger partial charge in [-0.25, -0.2) is 9.63 Å². The van der Waals surface area contributed by atoms with Crippen LogP contribution in [-0.2, 0) is 10.0 Å². The maximum Gasteiger partial charge on any atom is 0.343 e. The number of rotatable bonds is 6. The van der Waals surface area contributed by atoms with Crippen LogP contribution < -0.4 is 9.57 Å². The molecular weight excluding hydrogens is 376 g/mol. The van der Waals surface area contributed by atoms with Crippen molar-refractivity contribution in [1.82, 2.24) is 4.83 Å². The number of esters is 1. The fourth-order valence-corrected chi connectivity index (χ4v) is 3.19. The fourth-order valence-electron chi connectivity index (χ4n) is 2.38. The van der Waals surface area contributed by atoms with Gasteiger partial charge in [-0.1, -0.05) is 35.9 Å². The molecule has 0 bridgehead atoms. The molecule has 0 aliphatic carbocycles. The van der Waals surface area contributed by atoms with Crippen LogP contribution in [0.25, 0.3) is 0 Å². The highest BCUT2D eigenvalue weighted by Gasteiger charge is 2.11. The molecule has 0 saturated heterocycles. The van der Waals surface area contributed by atoms with Gasteiger partial charge in [0.15, 0.2) is 0 Å². The number of hydrogen-bond donors (Lipinski definition) is 1. The topological polar surface area (TPSA) is 84.8 Å². The lowest BCUT2D eigenvalue weighted by atomic mass is 10.1. The number of carbonyl (C=O) groups excluding carboxylic acids is 1. The number of benzene rings is 3. The molecular formula is C21H18N2O4S. The zero-order chi connectivity index (χ0) is 20.0.